The predicted octanol–water partition coefficient (Wildman–Crippen LogP) is 2.88. The SMILES string of the molecule is OCC1(NCc2coc(-c3ccc(F)cc3)n2)CCCC1. The maximum atomic E-state index is 12.9. The van der Waals surface area contributed by atoms with Gasteiger partial charge in [0.05, 0.1) is 12.3 Å². The van der Waals surface area contributed by atoms with Crippen LogP contribution in [0, 0.1) is 5.82 Å². The lowest BCUT2D eigenvalue weighted by molar-refractivity contribution is 0.162. The van der Waals surface area contributed by atoms with Gasteiger partial charge in [-0.05, 0) is 37.1 Å². The van der Waals surface area contributed by atoms with Gasteiger partial charge < -0.3 is 14.8 Å². The normalized spacial score (nSPS) is 17.2. The molecule has 1 aliphatic carbocycles. The van der Waals surface area contributed by atoms with Gasteiger partial charge in [-0.25, -0.2) is 9.37 Å². The van der Waals surface area contributed by atoms with E-state index in [0.29, 0.717) is 12.4 Å². The fourth-order valence-corrected chi connectivity index (χ4v) is 2.83. The molecule has 1 heterocycles. The van der Waals surface area contributed by atoms with Crippen LogP contribution in [0.1, 0.15) is 31.4 Å². The van der Waals surface area contributed by atoms with Gasteiger partial charge in [0.1, 0.15) is 12.1 Å². The minimum atomic E-state index is -0.279. The molecule has 1 saturated carbocycles. The van der Waals surface area contributed by atoms with Crippen LogP contribution in [0.5, 0.6) is 0 Å². The van der Waals surface area contributed by atoms with Gasteiger partial charge in [-0.1, -0.05) is 12.8 Å². The van der Waals surface area contributed by atoms with E-state index in [-0.39, 0.29) is 18.0 Å². The number of nitrogens with zero attached hydrogens (tertiary/aromatic N) is 1. The van der Waals surface area contributed by atoms with Gasteiger partial charge in [-0.2, -0.15) is 0 Å². The first kappa shape index (κ1) is 14.2. The molecule has 3 rings (SSSR count). The number of hydrogen-bond donors (Lipinski definition) is 2. The van der Waals surface area contributed by atoms with Crippen molar-refractivity contribution in [2.75, 3.05) is 6.61 Å². The molecule has 0 aliphatic heterocycles. The molecule has 0 amide bonds. The number of oxazole rings is 1. The van der Waals surface area contributed by atoms with Crippen molar-refractivity contribution in [1.82, 2.24) is 10.3 Å². The minimum absolute atomic E-state index is 0.148. The lowest BCUT2D eigenvalue weighted by Crippen LogP contribution is -2.45. The number of rotatable bonds is 5. The Labute approximate surface area is 123 Å². The van der Waals surface area contributed by atoms with Crippen LogP contribution >= 0.6 is 0 Å². The molecule has 1 aromatic heterocycles. The average Bonchev–Trinajstić information content (AvgIpc) is 3.16. The third kappa shape index (κ3) is 3.14. The first-order valence-electron chi connectivity index (χ1n) is 7.27. The first-order valence-corrected chi connectivity index (χ1v) is 7.27. The van der Waals surface area contributed by atoms with Crippen LogP contribution in [-0.2, 0) is 6.54 Å². The van der Waals surface area contributed by atoms with E-state index in [1.54, 1.807) is 18.4 Å². The Hall–Kier alpha value is -1.72. The number of benzene rings is 1. The number of hydrogen-bond acceptors (Lipinski definition) is 4. The summed E-state index contributed by atoms with van der Waals surface area (Å²) in [6.07, 6.45) is 5.88. The van der Waals surface area contributed by atoms with E-state index in [0.717, 1.165) is 36.9 Å². The lowest BCUT2D eigenvalue weighted by atomic mass is 9.99. The van der Waals surface area contributed by atoms with E-state index >= 15 is 0 Å². The van der Waals surface area contributed by atoms with Crippen molar-refractivity contribution in [2.24, 2.45) is 0 Å². The first-order chi connectivity index (χ1) is 10.2. The second-order valence-corrected chi connectivity index (χ2v) is 5.65. The standard InChI is InChI=1S/C16H19FN2O2/c17-13-5-3-12(4-6-13)15-19-14(10-21-15)9-18-16(11-20)7-1-2-8-16/h3-6,10,18,20H,1-2,7-9,11H2. The molecule has 1 aliphatic rings. The zero-order valence-corrected chi connectivity index (χ0v) is 11.8. The summed E-state index contributed by atoms with van der Waals surface area (Å²) >= 11 is 0. The van der Waals surface area contributed by atoms with Gasteiger partial charge in [0.15, 0.2) is 0 Å². The van der Waals surface area contributed by atoms with Gasteiger partial charge in [-0.3, -0.25) is 0 Å². The van der Waals surface area contributed by atoms with Gasteiger partial charge in [0, 0.05) is 17.6 Å². The van der Waals surface area contributed by atoms with E-state index in [2.05, 4.69) is 10.3 Å². The van der Waals surface area contributed by atoms with E-state index in [1.165, 1.54) is 12.1 Å². The zero-order chi connectivity index (χ0) is 14.7. The van der Waals surface area contributed by atoms with Gasteiger partial charge in [-0.15, -0.1) is 0 Å². The Kier molecular flexibility index (Phi) is 4.03. The highest BCUT2D eigenvalue weighted by atomic mass is 19.1. The van der Waals surface area contributed by atoms with Gasteiger partial charge >= 0.3 is 0 Å². The Morgan fingerprint density at radius 2 is 1.95 bits per heavy atom. The monoisotopic (exact) mass is 290 g/mol. The highest BCUT2D eigenvalue weighted by Gasteiger charge is 2.32. The van der Waals surface area contributed by atoms with E-state index < -0.39 is 0 Å². The molecule has 0 spiro atoms. The molecule has 2 N–H and O–H groups in total. The van der Waals surface area contributed by atoms with Crippen molar-refractivity contribution >= 4 is 0 Å². The second kappa shape index (κ2) is 5.95. The molecule has 112 valence electrons. The highest BCUT2D eigenvalue weighted by molar-refractivity contribution is 5.52. The number of aliphatic hydroxyl groups is 1. The molecule has 1 fully saturated rings. The van der Waals surface area contributed by atoms with Crippen molar-refractivity contribution in [3.8, 4) is 11.5 Å². The van der Waals surface area contributed by atoms with Crippen LogP contribution < -0.4 is 5.32 Å². The third-order valence-electron chi connectivity index (χ3n) is 4.15. The number of halogens is 1. The maximum absolute atomic E-state index is 12.9. The third-order valence-corrected chi connectivity index (χ3v) is 4.15. The Morgan fingerprint density at radius 3 is 2.62 bits per heavy atom. The van der Waals surface area contributed by atoms with Crippen molar-refractivity contribution in [1.29, 1.82) is 0 Å². The molecule has 0 bridgehead atoms. The van der Waals surface area contributed by atoms with Crippen LogP contribution in [0.3, 0.4) is 0 Å². The van der Waals surface area contributed by atoms with Crippen molar-refractivity contribution in [2.45, 2.75) is 37.8 Å². The van der Waals surface area contributed by atoms with E-state index in [9.17, 15) is 9.50 Å². The molecule has 21 heavy (non-hydrogen) atoms. The summed E-state index contributed by atoms with van der Waals surface area (Å²) in [6, 6.07) is 6.06. The van der Waals surface area contributed by atoms with Gasteiger partial charge in [0.2, 0.25) is 5.89 Å². The van der Waals surface area contributed by atoms with Crippen molar-refractivity contribution in [3.05, 3.63) is 42.0 Å². The summed E-state index contributed by atoms with van der Waals surface area (Å²) in [5.74, 6) is 0.203. The van der Waals surface area contributed by atoms with Crippen LogP contribution in [-0.4, -0.2) is 22.2 Å². The smallest absolute Gasteiger partial charge is 0.226 e. The van der Waals surface area contributed by atoms with Crippen molar-refractivity contribution in [3.63, 3.8) is 0 Å². The summed E-state index contributed by atoms with van der Waals surface area (Å²) in [5, 5.41) is 13.0. The molecule has 0 radical (unpaired) electrons. The quantitative estimate of drug-likeness (QED) is 0.889. The molecule has 1 aromatic carbocycles. The summed E-state index contributed by atoms with van der Waals surface area (Å²) in [6.45, 7) is 0.709. The van der Waals surface area contributed by atoms with E-state index in [1.807, 2.05) is 0 Å². The fraction of sp³-hybridized carbons (Fsp3) is 0.438. The molecule has 4 nitrogen and oxygen atoms in total. The maximum Gasteiger partial charge on any atom is 0.226 e. The van der Waals surface area contributed by atoms with Gasteiger partial charge in [0.25, 0.3) is 0 Å². The van der Waals surface area contributed by atoms with Crippen LogP contribution in [0.4, 0.5) is 4.39 Å². The zero-order valence-electron chi connectivity index (χ0n) is 11.8. The second-order valence-electron chi connectivity index (χ2n) is 5.65. The minimum Gasteiger partial charge on any atom is -0.444 e. The predicted molar refractivity (Wildman–Crippen MR) is 77.0 cm³/mol. The van der Waals surface area contributed by atoms with Crippen LogP contribution in [0.15, 0.2) is 34.9 Å². The topological polar surface area (TPSA) is 58.3 Å². The van der Waals surface area contributed by atoms with Crippen LogP contribution in [0.2, 0.25) is 0 Å². The highest BCUT2D eigenvalue weighted by Crippen LogP contribution is 2.29. The molecular weight excluding hydrogens is 271 g/mol. The van der Waals surface area contributed by atoms with E-state index in [4.69, 9.17) is 4.42 Å². The molecule has 5 heteroatoms. The Morgan fingerprint density at radius 1 is 1.24 bits per heavy atom. The summed E-state index contributed by atoms with van der Waals surface area (Å²) < 4.78 is 18.3. The summed E-state index contributed by atoms with van der Waals surface area (Å²) in [7, 11) is 0. The Balaban J connectivity index is 1.66. The molecule has 0 atom stereocenters. The number of nitrogens with one attached hydrogen (secondary N) is 1. The fourth-order valence-electron chi connectivity index (χ4n) is 2.83. The molecular formula is C16H19FN2O2. The summed E-state index contributed by atoms with van der Waals surface area (Å²) in [5.41, 5.74) is 1.36. The molecule has 0 saturated heterocycles. The number of aliphatic hydroxyl groups excluding tert-OH is 1. The lowest BCUT2D eigenvalue weighted by Gasteiger charge is -2.27. The Bertz CT molecular complexity index is 589. The van der Waals surface area contributed by atoms with Crippen LogP contribution in [0.25, 0.3) is 11.5 Å². The largest absolute Gasteiger partial charge is 0.444 e. The summed E-state index contributed by atoms with van der Waals surface area (Å²) in [4.78, 5) is 4.40. The number of aromatic nitrogens is 1. The van der Waals surface area contributed by atoms with Crippen molar-refractivity contribution < 1.29 is 13.9 Å². The molecule has 2 aromatic rings. The average molecular weight is 290 g/mol. The molecule has 0 unspecified atom stereocenters.